The van der Waals surface area contributed by atoms with E-state index in [1.54, 1.807) is 25.6 Å². The molecule has 0 bridgehead atoms. The normalized spacial score (nSPS) is 13.6. The van der Waals surface area contributed by atoms with Crippen molar-refractivity contribution in [2.24, 2.45) is 0 Å². The first-order valence-corrected chi connectivity index (χ1v) is 12.4. The summed E-state index contributed by atoms with van der Waals surface area (Å²) in [6, 6.07) is 15.9. The number of hydrogen-bond donors (Lipinski definition) is 2. The number of aromatic nitrogens is 2. The Hall–Kier alpha value is -3.69. The number of methoxy groups -OCH3 is 1. The van der Waals surface area contributed by atoms with E-state index in [0.717, 1.165) is 35.4 Å². The van der Waals surface area contributed by atoms with E-state index in [0.29, 0.717) is 41.9 Å². The average Bonchev–Trinajstić information content (AvgIpc) is 3.33. The molecule has 2 N–H and O–H groups in total. The lowest BCUT2D eigenvalue weighted by atomic mass is 10.1. The van der Waals surface area contributed by atoms with Gasteiger partial charge in [0.1, 0.15) is 11.3 Å². The maximum atomic E-state index is 13.2. The molecule has 0 radical (unpaired) electrons. The quantitative estimate of drug-likeness (QED) is 0.378. The number of amides is 1. The number of anilines is 3. The molecule has 5 rings (SSSR count). The second-order valence-corrected chi connectivity index (χ2v) is 9.12. The fraction of sp³-hybridized carbons (Fsp3) is 0.269. The average molecular weight is 490 g/mol. The van der Waals surface area contributed by atoms with E-state index >= 15 is 0 Å². The molecule has 1 saturated heterocycles. The van der Waals surface area contributed by atoms with E-state index < -0.39 is 0 Å². The van der Waals surface area contributed by atoms with E-state index in [1.807, 2.05) is 30.3 Å². The standard InChI is InChI=1S/C26H27N5O3S/c1-33-22-8-7-21(31-13-15-34-16-14-31)24-23(22)29-26(35-24)30-25(32)19-10-11-27-17-20(19)28-12-9-18-5-3-2-4-6-18/h2-8,10-11,17,28H,9,12-16H2,1H3,(H,29,30,32). The molecule has 0 spiro atoms. The van der Waals surface area contributed by atoms with Crippen LogP contribution in [-0.2, 0) is 11.2 Å². The van der Waals surface area contributed by atoms with Crippen LogP contribution in [0, 0.1) is 0 Å². The Kier molecular flexibility index (Phi) is 7.06. The van der Waals surface area contributed by atoms with Crippen LogP contribution in [0.5, 0.6) is 5.75 Å². The minimum Gasteiger partial charge on any atom is -0.494 e. The molecule has 35 heavy (non-hydrogen) atoms. The summed E-state index contributed by atoms with van der Waals surface area (Å²) < 4.78 is 12.0. The molecule has 9 heteroatoms. The number of benzene rings is 2. The van der Waals surface area contributed by atoms with E-state index in [9.17, 15) is 4.79 Å². The van der Waals surface area contributed by atoms with Crippen LogP contribution >= 0.6 is 11.3 Å². The maximum absolute atomic E-state index is 13.2. The summed E-state index contributed by atoms with van der Waals surface area (Å²) in [5.41, 5.74) is 4.26. The van der Waals surface area contributed by atoms with Crippen molar-refractivity contribution in [1.82, 2.24) is 9.97 Å². The van der Waals surface area contributed by atoms with E-state index in [1.165, 1.54) is 16.9 Å². The highest BCUT2D eigenvalue weighted by Crippen LogP contribution is 2.39. The van der Waals surface area contributed by atoms with Gasteiger partial charge in [-0.2, -0.15) is 0 Å². The molecule has 1 aliphatic rings. The van der Waals surface area contributed by atoms with Crippen LogP contribution < -0.4 is 20.3 Å². The summed E-state index contributed by atoms with van der Waals surface area (Å²) in [6.07, 6.45) is 4.14. The summed E-state index contributed by atoms with van der Waals surface area (Å²) in [5, 5.41) is 6.85. The SMILES string of the molecule is COc1ccc(N2CCOCC2)c2sc(NC(=O)c3ccncc3NCCc3ccccc3)nc12. The molecule has 180 valence electrons. The molecular weight excluding hydrogens is 462 g/mol. The molecule has 1 amide bonds. The molecule has 2 aromatic carbocycles. The Morgan fingerprint density at radius 3 is 2.77 bits per heavy atom. The number of hydrogen-bond acceptors (Lipinski definition) is 8. The van der Waals surface area contributed by atoms with Crippen molar-refractivity contribution in [3.8, 4) is 5.75 Å². The number of thiazole rings is 1. The van der Waals surface area contributed by atoms with Crippen molar-refractivity contribution >= 4 is 44.0 Å². The molecular formula is C26H27N5O3S. The fourth-order valence-electron chi connectivity index (χ4n) is 4.13. The first-order valence-electron chi connectivity index (χ1n) is 11.6. The number of carbonyl (C=O) groups is 1. The van der Waals surface area contributed by atoms with Gasteiger partial charge in [0.25, 0.3) is 5.91 Å². The third-order valence-corrected chi connectivity index (χ3v) is 6.91. The van der Waals surface area contributed by atoms with Gasteiger partial charge in [0.15, 0.2) is 5.13 Å². The van der Waals surface area contributed by atoms with Gasteiger partial charge in [0.05, 0.1) is 48.2 Å². The highest BCUT2D eigenvalue weighted by molar-refractivity contribution is 7.23. The predicted octanol–water partition coefficient (Wildman–Crippen LogP) is 4.44. The molecule has 0 saturated carbocycles. The third kappa shape index (κ3) is 5.21. The number of morpholine rings is 1. The third-order valence-electron chi connectivity index (χ3n) is 5.92. The second-order valence-electron chi connectivity index (χ2n) is 8.12. The topological polar surface area (TPSA) is 88.6 Å². The van der Waals surface area contributed by atoms with Gasteiger partial charge in [0, 0.05) is 25.8 Å². The number of fused-ring (bicyclic) bond motifs is 1. The zero-order chi connectivity index (χ0) is 24.0. The van der Waals surface area contributed by atoms with Crippen LogP contribution in [0.15, 0.2) is 60.9 Å². The number of carbonyl (C=O) groups excluding carboxylic acids is 1. The van der Waals surface area contributed by atoms with E-state index in [2.05, 4.69) is 32.7 Å². The molecule has 8 nitrogen and oxygen atoms in total. The summed E-state index contributed by atoms with van der Waals surface area (Å²) in [7, 11) is 1.63. The van der Waals surface area contributed by atoms with Gasteiger partial charge < -0.3 is 19.7 Å². The minimum atomic E-state index is -0.236. The zero-order valence-electron chi connectivity index (χ0n) is 19.5. The van der Waals surface area contributed by atoms with Crippen LogP contribution in [0.4, 0.5) is 16.5 Å². The molecule has 4 aromatic rings. The van der Waals surface area contributed by atoms with Crippen molar-refractivity contribution in [2.45, 2.75) is 6.42 Å². The first kappa shape index (κ1) is 23.1. The summed E-state index contributed by atoms with van der Waals surface area (Å²) in [4.78, 5) is 24.4. The van der Waals surface area contributed by atoms with Crippen molar-refractivity contribution < 1.29 is 14.3 Å². The Morgan fingerprint density at radius 1 is 1.14 bits per heavy atom. The van der Waals surface area contributed by atoms with Crippen LogP contribution in [0.1, 0.15) is 15.9 Å². The molecule has 0 atom stereocenters. The molecule has 2 aromatic heterocycles. The lowest BCUT2D eigenvalue weighted by Gasteiger charge is -2.29. The van der Waals surface area contributed by atoms with Crippen LogP contribution in [-0.4, -0.2) is 55.8 Å². The number of ether oxygens (including phenoxy) is 2. The van der Waals surface area contributed by atoms with Gasteiger partial charge in [-0.25, -0.2) is 4.98 Å². The van der Waals surface area contributed by atoms with E-state index in [-0.39, 0.29) is 5.91 Å². The monoisotopic (exact) mass is 489 g/mol. The molecule has 1 fully saturated rings. The van der Waals surface area contributed by atoms with Gasteiger partial charge in [0.2, 0.25) is 0 Å². The summed E-state index contributed by atoms with van der Waals surface area (Å²) >= 11 is 1.45. The predicted molar refractivity (Wildman–Crippen MR) is 140 cm³/mol. The van der Waals surface area contributed by atoms with Gasteiger partial charge in [-0.3, -0.25) is 15.1 Å². The largest absolute Gasteiger partial charge is 0.494 e. The molecule has 0 unspecified atom stereocenters. The molecule has 3 heterocycles. The fourth-order valence-corrected chi connectivity index (χ4v) is 5.14. The van der Waals surface area contributed by atoms with Crippen molar-refractivity contribution in [1.29, 1.82) is 0 Å². The minimum absolute atomic E-state index is 0.236. The van der Waals surface area contributed by atoms with Gasteiger partial charge in [-0.15, -0.1) is 0 Å². The summed E-state index contributed by atoms with van der Waals surface area (Å²) in [6.45, 7) is 3.71. The first-order chi connectivity index (χ1) is 17.2. The lowest BCUT2D eigenvalue weighted by Crippen LogP contribution is -2.36. The van der Waals surface area contributed by atoms with Gasteiger partial charge in [-0.1, -0.05) is 41.7 Å². The number of pyridine rings is 1. The Morgan fingerprint density at radius 2 is 1.97 bits per heavy atom. The second kappa shape index (κ2) is 10.7. The molecule has 1 aliphatic heterocycles. The lowest BCUT2D eigenvalue weighted by molar-refractivity contribution is 0.102. The van der Waals surface area contributed by atoms with Crippen molar-refractivity contribution in [3.05, 3.63) is 72.1 Å². The van der Waals surface area contributed by atoms with Crippen LogP contribution in [0.25, 0.3) is 10.2 Å². The van der Waals surface area contributed by atoms with Gasteiger partial charge in [-0.05, 0) is 30.2 Å². The van der Waals surface area contributed by atoms with Crippen molar-refractivity contribution in [2.75, 3.05) is 55.5 Å². The maximum Gasteiger partial charge on any atom is 0.259 e. The summed E-state index contributed by atoms with van der Waals surface area (Å²) in [5.74, 6) is 0.446. The Balaban J connectivity index is 1.35. The highest BCUT2D eigenvalue weighted by atomic mass is 32.1. The molecule has 0 aliphatic carbocycles. The van der Waals surface area contributed by atoms with Crippen molar-refractivity contribution in [3.63, 3.8) is 0 Å². The zero-order valence-corrected chi connectivity index (χ0v) is 20.3. The van der Waals surface area contributed by atoms with E-state index in [4.69, 9.17) is 14.5 Å². The Bertz CT molecular complexity index is 1310. The highest BCUT2D eigenvalue weighted by Gasteiger charge is 2.21. The number of nitrogens with one attached hydrogen (secondary N) is 2. The number of rotatable bonds is 8. The number of nitrogens with zero attached hydrogens (tertiary/aromatic N) is 3. The van der Waals surface area contributed by atoms with Gasteiger partial charge >= 0.3 is 0 Å². The van der Waals surface area contributed by atoms with Crippen LogP contribution in [0.2, 0.25) is 0 Å². The Labute approximate surface area is 207 Å². The smallest absolute Gasteiger partial charge is 0.259 e. The van der Waals surface area contributed by atoms with Crippen LogP contribution in [0.3, 0.4) is 0 Å².